The number of hydrogen-bond donors (Lipinski definition) is 0. The Balaban J connectivity index is 1.86. The van der Waals surface area contributed by atoms with Gasteiger partial charge in [-0.1, -0.05) is 176 Å². The second-order valence-corrected chi connectivity index (χ2v) is 20.6. The van der Waals surface area contributed by atoms with Crippen LogP contribution in [0.1, 0.15) is 137 Å². The van der Waals surface area contributed by atoms with Gasteiger partial charge >= 0.3 is 0 Å². The van der Waals surface area contributed by atoms with Gasteiger partial charge in [0.2, 0.25) is 0 Å². The van der Waals surface area contributed by atoms with Gasteiger partial charge in [-0.05, 0) is 108 Å². The second-order valence-electron chi connectivity index (χ2n) is 20.6. The molecule has 0 radical (unpaired) electrons. The molecule has 0 spiro atoms. The lowest BCUT2D eigenvalue weighted by atomic mass is 9.75. The third kappa shape index (κ3) is 7.01. The summed E-state index contributed by atoms with van der Waals surface area (Å²) in [6, 6.07) is 35.5. The molecule has 0 aliphatic carbocycles. The maximum absolute atomic E-state index is 2.57. The molecular formula is C51H63N. The fraction of sp³-hybridized carbons (Fsp3) is 0.412. The molecule has 0 N–H and O–H groups in total. The van der Waals surface area contributed by atoms with Crippen molar-refractivity contribution in [2.75, 3.05) is 0 Å². The molecule has 0 bridgehead atoms. The summed E-state index contributed by atoms with van der Waals surface area (Å²) in [6.45, 7) is 37.5. The first-order valence-electron chi connectivity index (χ1n) is 19.4. The van der Waals surface area contributed by atoms with Crippen molar-refractivity contribution >= 4 is 21.8 Å². The minimum atomic E-state index is -0.142. The molecular weight excluding hydrogens is 627 g/mol. The molecule has 0 saturated heterocycles. The predicted molar refractivity (Wildman–Crippen MR) is 230 cm³/mol. The zero-order valence-electron chi connectivity index (χ0n) is 35.1. The van der Waals surface area contributed by atoms with Crippen molar-refractivity contribution in [1.82, 2.24) is 4.57 Å². The van der Waals surface area contributed by atoms with E-state index in [1.807, 2.05) is 0 Å². The molecule has 0 aliphatic heterocycles. The molecule has 272 valence electrons. The maximum Gasteiger partial charge on any atom is 0.0547 e. The molecule has 6 rings (SSSR count). The highest BCUT2D eigenvalue weighted by Crippen LogP contribution is 2.48. The van der Waals surface area contributed by atoms with Gasteiger partial charge in [-0.3, -0.25) is 0 Å². The van der Waals surface area contributed by atoms with Crippen molar-refractivity contribution in [3.8, 4) is 27.9 Å². The monoisotopic (exact) mass is 689 g/mol. The average Bonchev–Trinajstić information content (AvgIpc) is 3.36. The lowest BCUT2D eigenvalue weighted by molar-refractivity contribution is 0.567. The molecule has 1 heterocycles. The van der Waals surface area contributed by atoms with E-state index in [1.165, 1.54) is 83.1 Å². The minimum Gasteiger partial charge on any atom is -0.309 e. The van der Waals surface area contributed by atoms with Crippen LogP contribution in [0.25, 0.3) is 49.7 Å². The zero-order valence-corrected chi connectivity index (χ0v) is 35.1. The van der Waals surface area contributed by atoms with Crippen molar-refractivity contribution in [2.24, 2.45) is 0 Å². The van der Waals surface area contributed by atoms with Crippen molar-refractivity contribution in [1.29, 1.82) is 0 Å². The molecule has 0 fully saturated rings. The van der Waals surface area contributed by atoms with Crippen LogP contribution in [0.15, 0.2) is 91.0 Å². The van der Waals surface area contributed by atoms with E-state index in [-0.39, 0.29) is 27.1 Å². The van der Waals surface area contributed by atoms with E-state index in [0.717, 1.165) is 0 Å². The zero-order chi connectivity index (χ0) is 38.3. The van der Waals surface area contributed by atoms with Crippen LogP contribution in [-0.2, 0) is 27.1 Å². The van der Waals surface area contributed by atoms with E-state index < -0.39 is 0 Å². The van der Waals surface area contributed by atoms with Gasteiger partial charge in [-0.15, -0.1) is 0 Å². The molecule has 0 atom stereocenters. The normalized spacial score (nSPS) is 13.4. The highest BCUT2D eigenvalue weighted by molar-refractivity contribution is 6.18. The first kappa shape index (κ1) is 37.7. The summed E-state index contributed by atoms with van der Waals surface area (Å²) in [5.74, 6) is 0. The SMILES string of the molecule is Cc1cccc(-c2cccc3c2c2c(C(C)(C)C)c(-c4cc(C(C)(C)C)cc(C(C)(C)C)c4)ccc2n3-c2cc(C(C)(C)C)cc(C(C)(C)C)c2)c1. The predicted octanol–water partition coefficient (Wildman–Crippen LogP) is 14.9. The van der Waals surface area contributed by atoms with Gasteiger partial charge in [0.1, 0.15) is 0 Å². The standard InChI is InChI=1S/C51H63N/c1-32-19-17-20-33(25-32)40-21-18-22-42-44(40)45-43(52(42)39-30-37(49(8,9)10)29-38(31-39)50(11,12)13)24-23-41(46(45)51(14,15)16)34-26-35(47(2,3)4)28-36(27-34)48(5,6)7/h17-31H,1-16H3. The van der Waals surface area contributed by atoms with Gasteiger partial charge in [0.05, 0.1) is 11.0 Å². The van der Waals surface area contributed by atoms with E-state index in [9.17, 15) is 0 Å². The molecule has 1 aromatic heterocycles. The Kier molecular flexibility index (Phi) is 9.05. The van der Waals surface area contributed by atoms with Gasteiger partial charge < -0.3 is 4.57 Å². The Bertz CT molecular complexity index is 2240. The summed E-state index contributed by atoms with van der Waals surface area (Å²) in [7, 11) is 0. The summed E-state index contributed by atoms with van der Waals surface area (Å²) in [5, 5.41) is 2.69. The molecule has 0 unspecified atom stereocenters. The van der Waals surface area contributed by atoms with E-state index in [0.29, 0.717) is 0 Å². The second kappa shape index (κ2) is 12.5. The summed E-state index contributed by atoms with van der Waals surface area (Å²) in [5.41, 5.74) is 17.0. The quantitative estimate of drug-likeness (QED) is 0.174. The third-order valence-corrected chi connectivity index (χ3v) is 10.9. The van der Waals surface area contributed by atoms with E-state index in [2.05, 4.69) is 206 Å². The number of aryl methyl sites for hydroxylation is 1. The van der Waals surface area contributed by atoms with Crippen LogP contribution < -0.4 is 0 Å². The first-order chi connectivity index (χ1) is 23.9. The number of benzene rings is 5. The lowest BCUT2D eigenvalue weighted by Gasteiger charge is -2.29. The Hall–Kier alpha value is -4.10. The maximum atomic E-state index is 2.57. The average molecular weight is 690 g/mol. The number of hydrogen-bond acceptors (Lipinski definition) is 0. The summed E-state index contributed by atoms with van der Waals surface area (Å²) < 4.78 is 2.57. The topological polar surface area (TPSA) is 4.93 Å². The van der Waals surface area contributed by atoms with Gasteiger partial charge in [0.15, 0.2) is 0 Å². The first-order valence-corrected chi connectivity index (χ1v) is 19.4. The van der Waals surface area contributed by atoms with E-state index in [1.54, 1.807) is 0 Å². The van der Waals surface area contributed by atoms with Crippen molar-refractivity contribution in [2.45, 2.75) is 138 Å². The number of fused-ring (bicyclic) bond motifs is 3. The Labute approximate surface area is 315 Å². The van der Waals surface area contributed by atoms with Crippen LogP contribution in [-0.4, -0.2) is 4.57 Å². The molecule has 6 aromatic rings. The Morgan fingerprint density at radius 3 is 1.35 bits per heavy atom. The van der Waals surface area contributed by atoms with Gasteiger partial charge in [0, 0.05) is 16.5 Å². The molecule has 0 saturated carbocycles. The lowest BCUT2D eigenvalue weighted by Crippen LogP contribution is -2.18. The Morgan fingerprint density at radius 2 is 0.865 bits per heavy atom. The molecule has 1 nitrogen and oxygen atoms in total. The summed E-state index contributed by atoms with van der Waals surface area (Å²) in [6.07, 6.45) is 0. The van der Waals surface area contributed by atoms with Crippen molar-refractivity contribution in [3.05, 3.63) is 124 Å². The smallest absolute Gasteiger partial charge is 0.0547 e. The fourth-order valence-electron chi connectivity index (χ4n) is 7.76. The number of aromatic nitrogens is 1. The summed E-state index contributed by atoms with van der Waals surface area (Å²) in [4.78, 5) is 0. The fourth-order valence-corrected chi connectivity index (χ4v) is 7.76. The summed E-state index contributed by atoms with van der Waals surface area (Å²) >= 11 is 0. The van der Waals surface area contributed by atoms with Gasteiger partial charge in [-0.2, -0.15) is 0 Å². The van der Waals surface area contributed by atoms with Crippen LogP contribution in [0.3, 0.4) is 0 Å². The van der Waals surface area contributed by atoms with Crippen molar-refractivity contribution < 1.29 is 0 Å². The van der Waals surface area contributed by atoms with Crippen LogP contribution in [0.5, 0.6) is 0 Å². The highest BCUT2D eigenvalue weighted by atomic mass is 15.0. The van der Waals surface area contributed by atoms with Gasteiger partial charge in [-0.25, -0.2) is 0 Å². The van der Waals surface area contributed by atoms with E-state index >= 15 is 0 Å². The van der Waals surface area contributed by atoms with Crippen LogP contribution in [0.2, 0.25) is 0 Å². The Morgan fingerprint density at radius 1 is 0.385 bits per heavy atom. The number of nitrogens with zero attached hydrogens (tertiary/aromatic N) is 1. The molecule has 0 amide bonds. The third-order valence-electron chi connectivity index (χ3n) is 10.9. The number of rotatable bonds is 3. The largest absolute Gasteiger partial charge is 0.309 e. The van der Waals surface area contributed by atoms with Gasteiger partial charge in [0.25, 0.3) is 0 Å². The van der Waals surface area contributed by atoms with Crippen LogP contribution in [0.4, 0.5) is 0 Å². The minimum absolute atomic E-state index is 0.00800. The van der Waals surface area contributed by atoms with Crippen molar-refractivity contribution in [3.63, 3.8) is 0 Å². The molecule has 5 aromatic carbocycles. The molecule has 1 heteroatoms. The van der Waals surface area contributed by atoms with Crippen LogP contribution in [0, 0.1) is 6.92 Å². The van der Waals surface area contributed by atoms with Crippen LogP contribution >= 0.6 is 0 Å². The highest BCUT2D eigenvalue weighted by Gasteiger charge is 2.30. The van der Waals surface area contributed by atoms with E-state index in [4.69, 9.17) is 0 Å². The molecule has 52 heavy (non-hydrogen) atoms. The molecule has 0 aliphatic rings.